The Bertz CT molecular complexity index is 1520. The lowest BCUT2D eigenvalue weighted by atomic mass is 10.2. The summed E-state index contributed by atoms with van der Waals surface area (Å²) < 4.78 is 41.6. The number of thioether (sulfide) groups is 1. The highest BCUT2D eigenvalue weighted by atomic mass is 35.5. The molecule has 0 aliphatic carbocycles. The van der Waals surface area contributed by atoms with Gasteiger partial charge in [-0.05, 0) is 84.4 Å². The maximum Gasteiger partial charge on any atom is 0.339 e. The molecule has 0 spiro atoms. The average molecular weight is 594 g/mol. The number of amides is 2. The van der Waals surface area contributed by atoms with Gasteiger partial charge in [-0.1, -0.05) is 35.3 Å². The number of hydrogen-bond donors (Lipinski definition) is 0. The second-order valence-corrected chi connectivity index (χ2v) is 11.4. The van der Waals surface area contributed by atoms with Crippen LogP contribution in [0, 0.1) is 6.92 Å². The van der Waals surface area contributed by atoms with Crippen LogP contribution < -0.4 is 13.7 Å². The molecule has 0 atom stereocenters. The van der Waals surface area contributed by atoms with E-state index in [0.717, 1.165) is 22.2 Å². The van der Waals surface area contributed by atoms with Gasteiger partial charge in [-0.15, -0.1) is 0 Å². The third kappa shape index (κ3) is 6.44. The van der Waals surface area contributed by atoms with Crippen LogP contribution in [0.3, 0.4) is 0 Å². The first kappa shape index (κ1) is 27.8. The highest BCUT2D eigenvalue weighted by Crippen LogP contribution is 2.40. The molecule has 1 saturated heterocycles. The van der Waals surface area contributed by atoms with Crippen molar-refractivity contribution in [1.82, 2.24) is 4.90 Å². The molecule has 0 bridgehead atoms. The smallest absolute Gasteiger partial charge is 0.339 e. The SMILES string of the molecule is COc1cc(/C=C2\SC(=O)N(CCOc3cccc(C)c3)C2=O)cc(Cl)c1OS(=O)(=O)c1ccc(Cl)cc1. The highest BCUT2D eigenvalue weighted by molar-refractivity contribution is 8.18. The zero-order chi connectivity index (χ0) is 27.4. The minimum atomic E-state index is -4.24. The Kier molecular flexibility index (Phi) is 8.57. The number of imide groups is 1. The lowest BCUT2D eigenvalue weighted by Gasteiger charge is -2.14. The van der Waals surface area contributed by atoms with Crippen LogP contribution in [0.25, 0.3) is 6.08 Å². The predicted octanol–water partition coefficient (Wildman–Crippen LogP) is 6.19. The van der Waals surface area contributed by atoms with Gasteiger partial charge in [0.2, 0.25) is 5.75 Å². The van der Waals surface area contributed by atoms with E-state index in [1.54, 1.807) is 6.07 Å². The fraction of sp³-hybridized carbons (Fsp3) is 0.154. The second-order valence-electron chi connectivity index (χ2n) is 8.02. The van der Waals surface area contributed by atoms with Gasteiger partial charge in [0, 0.05) is 5.02 Å². The fourth-order valence-corrected chi connectivity index (χ4v) is 5.72. The van der Waals surface area contributed by atoms with Crippen LogP contribution in [-0.2, 0) is 14.9 Å². The molecule has 38 heavy (non-hydrogen) atoms. The van der Waals surface area contributed by atoms with Gasteiger partial charge in [-0.3, -0.25) is 14.5 Å². The Morgan fingerprint density at radius 1 is 1.03 bits per heavy atom. The quantitative estimate of drug-likeness (QED) is 0.214. The van der Waals surface area contributed by atoms with Crippen molar-refractivity contribution in [3.63, 3.8) is 0 Å². The van der Waals surface area contributed by atoms with Crippen LogP contribution in [0.2, 0.25) is 10.0 Å². The van der Waals surface area contributed by atoms with Gasteiger partial charge < -0.3 is 13.7 Å². The third-order valence-electron chi connectivity index (χ3n) is 5.29. The maximum absolute atomic E-state index is 12.9. The number of rotatable bonds is 9. The van der Waals surface area contributed by atoms with Gasteiger partial charge in [0.05, 0.1) is 23.6 Å². The topological polar surface area (TPSA) is 99.2 Å². The first-order valence-corrected chi connectivity index (χ1v) is 14.1. The van der Waals surface area contributed by atoms with Crippen LogP contribution in [-0.4, -0.2) is 44.7 Å². The molecule has 3 aromatic carbocycles. The first-order valence-electron chi connectivity index (χ1n) is 11.1. The van der Waals surface area contributed by atoms with Crippen molar-refractivity contribution in [3.05, 3.63) is 86.7 Å². The Hall–Kier alpha value is -3.18. The largest absolute Gasteiger partial charge is 0.493 e. The van der Waals surface area contributed by atoms with Crippen LogP contribution >= 0.6 is 35.0 Å². The summed E-state index contributed by atoms with van der Waals surface area (Å²) in [5.74, 6) is -0.0297. The second kappa shape index (κ2) is 11.7. The molecule has 12 heteroatoms. The Balaban J connectivity index is 1.50. The van der Waals surface area contributed by atoms with E-state index in [-0.39, 0.29) is 39.5 Å². The molecule has 1 aliphatic heterocycles. The monoisotopic (exact) mass is 593 g/mol. The molecule has 198 valence electrons. The van der Waals surface area contributed by atoms with Crippen LogP contribution in [0.15, 0.2) is 70.5 Å². The molecule has 2 amide bonds. The molecule has 0 N–H and O–H groups in total. The Labute approximate surface area is 234 Å². The van der Waals surface area contributed by atoms with Crippen molar-refractivity contribution < 1.29 is 31.7 Å². The summed E-state index contributed by atoms with van der Waals surface area (Å²) in [5.41, 5.74) is 1.44. The van der Waals surface area contributed by atoms with Crippen LogP contribution in [0.5, 0.6) is 17.2 Å². The molecule has 0 saturated carbocycles. The van der Waals surface area contributed by atoms with Gasteiger partial charge in [0.1, 0.15) is 17.3 Å². The van der Waals surface area contributed by atoms with E-state index in [0.29, 0.717) is 16.3 Å². The van der Waals surface area contributed by atoms with Crippen molar-refractivity contribution in [2.75, 3.05) is 20.3 Å². The minimum absolute atomic E-state index is 0.0204. The molecule has 1 fully saturated rings. The number of methoxy groups -OCH3 is 1. The molecular formula is C26H21Cl2NO7S2. The molecule has 1 aliphatic rings. The minimum Gasteiger partial charge on any atom is -0.493 e. The summed E-state index contributed by atoms with van der Waals surface area (Å²) in [6.07, 6.45) is 1.47. The molecule has 8 nitrogen and oxygen atoms in total. The molecule has 3 aromatic rings. The van der Waals surface area contributed by atoms with Crippen molar-refractivity contribution in [1.29, 1.82) is 0 Å². The standard InChI is InChI=1S/C26H21Cl2NO7S2/c1-16-4-3-5-19(12-16)35-11-10-29-25(30)23(37-26(29)31)15-17-13-21(28)24(22(14-17)34-2)36-38(32,33)20-8-6-18(27)7-9-20/h3-9,12-15H,10-11H2,1-2H3/b23-15-. The van der Waals surface area contributed by atoms with Gasteiger partial charge >= 0.3 is 10.1 Å². The van der Waals surface area contributed by atoms with Crippen LogP contribution in [0.1, 0.15) is 11.1 Å². The summed E-state index contributed by atoms with van der Waals surface area (Å²) in [7, 11) is -2.92. The fourth-order valence-electron chi connectivity index (χ4n) is 3.47. The van der Waals surface area contributed by atoms with E-state index in [4.69, 9.17) is 36.9 Å². The van der Waals surface area contributed by atoms with Gasteiger partial charge in [0.25, 0.3) is 11.1 Å². The molecule has 0 radical (unpaired) electrons. The number of halogens is 2. The van der Waals surface area contributed by atoms with Gasteiger partial charge in [-0.2, -0.15) is 8.42 Å². The summed E-state index contributed by atoms with van der Waals surface area (Å²) in [4.78, 5) is 26.5. The molecule has 0 unspecified atom stereocenters. The first-order chi connectivity index (χ1) is 18.1. The molecule has 4 rings (SSSR count). The number of aryl methyl sites for hydroxylation is 1. The van der Waals surface area contributed by atoms with E-state index in [1.807, 2.05) is 25.1 Å². The van der Waals surface area contributed by atoms with Crippen molar-refractivity contribution in [2.24, 2.45) is 0 Å². The maximum atomic E-state index is 12.9. The van der Waals surface area contributed by atoms with Gasteiger partial charge in [-0.25, -0.2) is 0 Å². The number of ether oxygens (including phenoxy) is 2. The van der Waals surface area contributed by atoms with Crippen molar-refractivity contribution in [2.45, 2.75) is 11.8 Å². The number of benzene rings is 3. The zero-order valence-electron chi connectivity index (χ0n) is 20.1. The number of carbonyl (C=O) groups excluding carboxylic acids is 2. The Morgan fingerprint density at radius 2 is 1.76 bits per heavy atom. The average Bonchev–Trinajstić information content (AvgIpc) is 3.13. The summed E-state index contributed by atoms with van der Waals surface area (Å²) in [5, 5.41) is -0.132. The van der Waals surface area contributed by atoms with E-state index >= 15 is 0 Å². The molecule has 0 aromatic heterocycles. The Morgan fingerprint density at radius 3 is 2.45 bits per heavy atom. The molecule has 1 heterocycles. The summed E-state index contributed by atoms with van der Waals surface area (Å²) in [6.45, 7) is 2.16. The molecular weight excluding hydrogens is 573 g/mol. The number of carbonyl (C=O) groups is 2. The van der Waals surface area contributed by atoms with Gasteiger partial charge in [0.15, 0.2) is 5.75 Å². The lowest BCUT2D eigenvalue weighted by Crippen LogP contribution is -2.32. The predicted molar refractivity (Wildman–Crippen MR) is 147 cm³/mol. The normalized spacial score (nSPS) is 14.7. The summed E-state index contributed by atoms with van der Waals surface area (Å²) in [6, 6.07) is 15.7. The van der Waals surface area contributed by atoms with E-state index < -0.39 is 21.3 Å². The number of hydrogen-bond acceptors (Lipinski definition) is 8. The number of nitrogens with zero attached hydrogens (tertiary/aromatic N) is 1. The van der Waals surface area contributed by atoms with Crippen molar-refractivity contribution in [3.8, 4) is 17.2 Å². The van der Waals surface area contributed by atoms with Crippen molar-refractivity contribution >= 4 is 62.3 Å². The van der Waals surface area contributed by atoms with E-state index in [1.165, 1.54) is 49.6 Å². The zero-order valence-corrected chi connectivity index (χ0v) is 23.3. The third-order valence-corrected chi connectivity index (χ3v) is 7.97. The van der Waals surface area contributed by atoms with E-state index in [9.17, 15) is 18.0 Å². The summed E-state index contributed by atoms with van der Waals surface area (Å²) >= 11 is 12.9. The lowest BCUT2D eigenvalue weighted by molar-refractivity contribution is -0.123. The highest BCUT2D eigenvalue weighted by Gasteiger charge is 2.35. The van der Waals surface area contributed by atoms with Crippen LogP contribution in [0.4, 0.5) is 4.79 Å². The van der Waals surface area contributed by atoms with E-state index in [2.05, 4.69) is 0 Å².